The van der Waals surface area contributed by atoms with Crippen LogP contribution in [0.4, 0.5) is 5.69 Å². The summed E-state index contributed by atoms with van der Waals surface area (Å²) in [5.41, 5.74) is -0.0625. The Bertz CT molecular complexity index is 641. The number of hydrogen-bond donors (Lipinski definition) is 1. The van der Waals surface area contributed by atoms with Crippen molar-refractivity contribution in [2.24, 2.45) is 0 Å². The zero-order chi connectivity index (χ0) is 14.7. The fourth-order valence-corrected chi connectivity index (χ4v) is 1.64. The number of ether oxygens (including phenoxy) is 1. The van der Waals surface area contributed by atoms with Crippen LogP contribution >= 0.6 is 0 Å². The minimum atomic E-state index is -0.879. The maximum Gasteiger partial charge on any atom is 0.346 e. The Balaban J connectivity index is 2.27. The van der Waals surface area contributed by atoms with Crippen LogP contribution < -0.4 is 0 Å². The van der Waals surface area contributed by atoms with Gasteiger partial charge in [0.15, 0.2) is 6.61 Å². The van der Waals surface area contributed by atoms with Crippen LogP contribution in [0.5, 0.6) is 0 Å². The van der Waals surface area contributed by atoms with Crippen LogP contribution in [0.25, 0.3) is 6.08 Å². The first-order chi connectivity index (χ1) is 9.49. The highest BCUT2D eigenvalue weighted by Gasteiger charge is 2.31. The minimum Gasteiger partial charge on any atom is -0.507 e. The third-order valence-corrected chi connectivity index (χ3v) is 2.59. The average Bonchev–Trinajstić information content (AvgIpc) is 2.76. The van der Waals surface area contributed by atoms with Gasteiger partial charge in [-0.15, -0.1) is 0 Å². The molecule has 2 rings (SSSR count). The molecule has 7 nitrogen and oxygen atoms in total. The predicted octanol–water partition coefficient (Wildman–Crippen LogP) is 1.55. The van der Waals surface area contributed by atoms with E-state index in [0.29, 0.717) is 5.56 Å². The van der Waals surface area contributed by atoms with E-state index in [1.807, 2.05) is 0 Å². The fourth-order valence-electron chi connectivity index (χ4n) is 1.64. The summed E-state index contributed by atoms with van der Waals surface area (Å²) in [5, 5.41) is 20.3. The molecule has 1 aliphatic rings. The van der Waals surface area contributed by atoms with Gasteiger partial charge in [-0.25, -0.2) is 4.79 Å². The van der Waals surface area contributed by atoms with Gasteiger partial charge >= 0.3 is 5.97 Å². The lowest BCUT2D eigenvalue weighted by Crippen LogP contribution is -2.04. The largest absolute Gasteiger partial charge is 0.507 e. The van der Waals surface area contributed by atoms with Crippen molar-refractivity contribution in [3.05, 3.63) is 57.4 Å². The van der Waals surface area contributed by atoms with E-state index in [0.717, 1.165) is 6.08 Å². The first-order valence-electron chi connectivity index (χ1n) is 5.55. The van der Waals surface area contributed by atoms with Crippen molar-refractivity contribution in [1.82, 2.24) is 0 Å². The Morgan fingerprint density at radius 2 is 2.15 bits per heavy atom. The highest BCUT2D eigenvalue weighted by Crippen LogP contribution is 2.17. The molecule has 0 spiro atoms. The molecule has 0 atom stereocenters. The van der Waals surface area contributed by atoms with Crippen LogP contribution in [0, 0.1) is 10.1 Å². The topological polar surface area (TPSA) is 107 Å². The SMILES string of the molecule is O=C1COC(=O)C1=C(O)C=Cc1cccc([N+](=O)[O-])c1. The van der Waals surface area contributed by atoms with E-state index < -0.39 is 28.0 Å². The van der Waals surface area contributed by atoms with Crippen LogP contribution in [-0.2, 0) is 14.3 Å². The Morgan fingerprint density at radius 1 is 1.40 bits per heavy atom. The molecule has 0 bridgehead atoms. The maximum absolute atomic E-state index is 11.3. The number of esters is 1. The molecule has 20 heavy (non-hydrogen) atoms. The van der Waals surface area contributed by atoms with E-state index in [9.17, 15) is 24.8 Å². The van der Waals surface area contributed by atoms with Crippen molar-refractivity contribution >= 4 is 23.5 Å². The van der Waals surface area contributed by atoms with Crippen molar-refractivity contribution in [2.75, 3.05) is 6.61 Å². The smallest absolute Gasteiger partial charge is 0.346 e. The summed E-state index contributed by atoms with van der Waals surface area (Å²) >= 11 is 0. The van der Waals surface area contributed by atoms with E-state index in [1.165, 1.54) is 24.3 Å². The number of ketones is 1. The summed E-state index contributed by atoms with van der Waals surface area (Å²) in [5.74, 6) is -2.00. The lowest BCUT2D eigenvalue weighted by atomic mass is 10.1. The van der Waals surface area contributed by atoms with Gasteiger partial charge in [-0.2, -0.15) is 0 Å². The lowest BCUT2D eigenvalue weighted by molar-refractivity contribution is -0.384. The minimum absolute atomic E-state index is 0.101. The molecule has 102 valence electrons. The van der Waals surface area contributed by atoms with Gasteiger partial charge < -0.3 is 9.84 Å². The van der Waals surface area contributed by atoms with Gasteiger partial charge in [0, 0.05) is 12.1 Å². The number of aliphatic hydroxyl groups is 1. The Kier molecular flexibility index (Phi) is 3.60. The second-order valence-electron chi connectivity index (χ2n) is 3.94. The quantitative estimate of drug-likeness (QED) is 0.224. The standard InChI is InChI=1S/C13H9NO6/c15-10(12-11(16)7-20-13(12)17)5-4-8-2-1-3-9(6-8)14(18)19/h1-6,15H,7H2. The number of aliphatic hydroxyl groups excluding tert-OH is 1. The van der Waals surface area contributed by atoms with E-state index >= 15 is 0 Å². The predicted molar refractivity (Wildman–Crippen MR) is 67.8 cm³/mol. The second kappa shape index (κ2) is 5.35. The molecular weight excluding hydrogens is 266 g/mol. The van der Waals surface area contributed by atoms with Crippen LogP contribution in [0.2, 0.25) is 0 Å². The number of non-ortho nitro benzene ring substituents is 1. The number of hydrogen-bond acceptors (Lipinski definition) is 6. The van der Waals surface area contributed by atoms with Gasteiger partial charge in [0.1, 0.15) is 11.3 Å². The second-order valence-corrected chi connectivity index (χ2v) is 3.94. The molecule has 0 saturated carbocycles. The summed E-state index contributed by atoms with van der Waals surface area (Å²) in [6, 6.07) is 5.68. The molecule has 0 radical (unpaired) electrons. The number of cyclic esters (lactones) is 1. The lowest BCUT2D eigenvalue weighted by Gasteiger charge is -1.96. The molecule has 1 heterocycles. The van der Waals surface area contributed by atoms with Crippen molar-refractivity contribution in [3.63, 3.8) is 0 Å². The van der Waals surface area contributed by atoms with E-state index in [4.69, 9.17) is 0 Å². The number of nitro benzene ring substituents is 1. The zero-order valence-corrected chi connectivity index (χ0v) is 10.1. The molecule has 1 saturated heterocycles. The number of allylic oxidation sites excluding steroid dienone is 1. The molecule has 0 unspecified atom stereocenters. The Hall–Kier alpha value is -2.96. The van der Waals surface area contributed by atoms with Gasteiger partial charge in [-0.05, 0) is 11.6 Å². The highest BCUT2D eigenvalue weighted by atomic mass is 16.6. The third kappa shape index (κ3) is 2.72. The summed E-state index contributed by atoms with van der Waals surface area (Å²) in [6.45, 7) is -0.386. The van der Waals surface area contributed by atoms with E-state index in [1.54, 1.807) is 6.07 Å². The molecule has 1 aromatic rings. The molecule has 1 N–H and O–H groups in total. The summed E-state index contributed by atoms with van der Waals surface area (Å²) in [7, 11) is 0. The first kappa shape index (κ1) is 13.5. The molecule has 1 aliphatic heterocycles. The molecular formula is C13H9NO6. The summed E-state index contributed by atoms with van der Waals surface area (Å²) < 4.78 is 4.47. The number of carbonyl (C=O) groups excluding carboxylic acids is 2. The molecule has 0 amide bonds. The summed E-state index contributed by atoms with van der Waals surface area (Å²) in [6.07, 6.45) is 2.48. The number of Topliss-reactive ketones (excluding diaryl/α,β-unsaturated/α-hetero) is 1. The number of nitrogens with zero attached hydrogens (tertiary/aromatic N) is 1. The van der Waals surface area contributed by atoms with Crippen LogP contribution in [0.3, 0.4) is 0 Å². The van der Waals surface area contributed by atoms with Gasteiger partial charge in [-0.3, -0.25) is 14.9 Å². The normalized spacial score (nSPS) is 17.4. The van der Waals surface area contributed by atoms with E-state index in [-0.39, 0.29) is 12.3 Å². The van der Waals surface area contributed by atoms with Gasteiger partial charge in [0.25, 0.3) is 5.69 Å². The average molecular weight is 275 g/mol. The molecule has 0 aromatic heterocycles. The van der Waals surface area contributed by atoms with Crippen LogP contribution in [0.15, 0.2) is 41.7 Å². The fraction of sp³-hybridized carbons (Fsp3) is 0.0769. The van der Waals surface area contributed by atoms with Crippen LogP contribution in [0.1, 0.15) is 5.56 Å². The number of rotatable bonds is 3. The van der Waals surface area contributed by atoms with Gasteiger partial charge in [0.05, 0.1) is 4.92 Å². The first-order valence-corrected chi connectivity index (χ1v) is 5.55. The summed E-state index contributed by atoms with van der Waals surface area (Å²) in [4.78, 5) is 32.5. The number of carbonyl (C=O) groups is 2. The van der Waals surface area contributed by atoms with Crippen molar-refractivity contribution < 1.29 is 24.4 Å². The Morgan fingerprint density at radius 3 is 2.75 bits per heavy atom. The number of nitro groups is 1. The molecule has 7 heteroatoms. The number of benzene rings is 1. The van der Waals surface area contributed by atoms with Crippen molar-refractivity contribution in [1.29, 1.82) is 0 Å². The molecule has 0 aliphatic carbocycles. The van der Waals surface area contributed by atoms with Gasteiger partial charge in [-0.1, -0.05) is 18.2 Å². The van der Waals surface area contributed by atoms with Crippen molar-refractivity contribution in [3.8, 4) is 0 Å². The van der Waals surface area contributed by atoms with Crippen LogP contribution in [-0.4, -0.2) is 28.4 Å². The van der Waals surface area contributed by atoms with E-state index in [2.05, 4.69) is 4.74 Å². The zero-order valence-electron chi connectivity index (χ0n) is 10.1. The third-order valence-electron chi connectivity index (χ3n) is 2.59. The van der Waals surface area contributed by atoms with Gasteiger partial charge in [0.2, 0.25) is 5.78 Å². The Labute approximate surface area is 112 Å². The molecule has 1 aromatic carbocycles. The van der Waals surface area contributed by atoms with Crippen molar-refractivity contribution in [2.45, 2.75) is 0 Å². The maximum atomic E-state index is 11.3. The molecule has 1 fully saturated rings. The monoisotopic (exact) mass is 275 g/mol. The highest BCUT2D eigenvalue weighted by molar-refractivity contribution is 6.22.